The normalized spacial score (nSPS) is 11.1. The maximum atomic E-state index is 13.1. The summed E-state index contributed by atoms with van der Waals surface area (Å²) in [7, 11) is 0. The van der Waals surface area contributed by atoms with E-state index in [0.29, 0.717) is 28.5 Å². The molecule has 1 N–H and O–H groups in total. The summed E-state index contributed by atoms with van der Waals surface area (Å²) >= 11 is 1.16. The Hall–Kier alpha value is -3.59. The van der Waals surface area contributed by atoms with E-state index < -0.39 is 5.97 Å². The van der Waals surface area contributed by atoms with Crippen LogP contribution in [0.2, 0.25) is 0 Å². The Morgan fingerprint density at radius 2 is 1.88 bits per heavy atom. The van der Waals surface area contributed by atoms with E-state index in [4.69, 9.17) is 9.15 Å². The molecular formula is C24H23N3O5S. The number of nitrogens with zero attached hydrogens (tertiary/aromatic N) is 2. The van der Waals surface area contributed by atoms with Crippen LogP contribution in [0.3, 0.4) is 0 Å². The third kappa shape index (κ3) is 4.63. The first kappa shape index (κ1) is 22.6. The number of amides is 1. The summed E-state index contributed by atoms with van der Waals surface area (Å²) in [6.07, 6.45) is 0.722. The highest BCUT2D eigenvalue weighted by Crippen LogP contribution is 2.27. The molecule has 2 aromatic heterocycles. The molecule has 0 saturated carbocycles. The van der Waals surface area contributed by atoms with Gasteiger partial charge in [0.25, 0.3) is 5.56 Å². The van der Waals surface area contributed by atoms with Gasteiger partial charge < -0.3 is 14.5 Å². The zero-order chi connectivity index (χ0) is 23.4. The minimum atomic E-state index is -0.503. The number of para-hydroxylation sites is 2. The van der Waals surface area contributed by atoms with Gasteiger partial charge in [0.15, 0.2) is 5.16 Å². The highest BCUT2D eigenvalue weighted by Gasteiger charge is 2.19. The SMILES string of the molecule is CCCn1c(SCC(=O)Nc2ccccc2C(=O)OCC)nc2c(oc3ccccc32)c1=O. The number of thioether (sulfide) groups is 1. The smallest absolute Gasteiger partial charge is 0.340 e. The number of nitrogens with one attached hydrogen (secondary N) is 1. The van der Waals surface area contributed by atoms with Crippen molar-refractivity contribution in [3.63, 3.8) is 0 Å². The first-order chi connectivity index (χ1) is 16.0. The van der Waals surface area contributed by atoms with Crippen LogP contribution < -0.4 is 10.9 Å². The second-order valence-corrected chi connectivity index (χ2v) is 8.17. The lowest BCUT2D eigenvalue weighted by Gasteiger charge is -2.12. The molecule has 0 fully saturated rings. The third-order valence-electron chi connectivity index (χ3n) is 4.92. The minimum Gasteiger partial charge on any atom is -0.462 e. The molecule has 0 radical (unpaired) electrons. The Morgan fingerprint density at radius 1 is 1.12 bits per heavy atom. The van der Waals surface area contributed by atoms with Crippen molar-refractivity contribution >= 4 is 51.4 Å². The number of ether oxygens (including phenoxy) is 1. The highest BCUT2D eigenvalue weighted by atomic mass is 32.2. The van der Waals surface area contributed by atoms with Gasteiger partial charge in [0.05, 0.1) is 23.6 Å². The van der Waals surface area contributed by atoms with Gasteiger partial charge in [-0.15, -0.1) is 0 Å². The Bertz CT molecular complexity index is 1390. The number of fused-ring (bicyclic) bond motifs is 3. The van der Waals surface area contributed by atoms with Crippen LogP contribution in [0.25, 0.3) is 22.1 Å². The van der Waals surface area contributed by atoms with Gasteiger partial charge in [-0.05, 0) is 37.6 Å². The molecule has 170 valence electrons. The molecule has 33 heavy (non-hydrogen) atoms. The molecule has 8 nitrogen and oxygen atoms in total. The number of hydrogen-bond acceptors (Lipinski definition) is 7. The molecule has 0 aliphatic rings. The van der Waals surface area contributed by atoms with Crippen molar-refractivity contribution < 1.29 is 18.7 Å². The predicted molar refractivity (Wildman–Crippen MR) is 128 cm³/mol. The van der Waals surface area contributed by atoms with E-state index in [1.165, 1.54) is 4.57 Å². The second-order valence-electron chi connectivity index (χ2n) is 7.23. The monoisotopic (exact) mass is 465 g/mol. The van der Waals surface area contributed by atoms with Crippen molar-refractivity contribution in [2.45, 2.75) is 32.0 Å². The standard InChI is InChI=1S/C24H23N3O5S/c1-3-13-27-22(29)21-20(16-10-6-8-12-18(16)32-21)26-24(27)33-14-19(28)25-17-11-7-5-9-15(17)23(30)31-4-2/h5-12H,3-4,13-14H2,1-2H3,(H,25,28). The Balaban J connectivity index is 1.60. The molecular weight excluding hydrogens is 442 g/mol. The number of esters is 1. The van der Waals surface area contributed by atoms with Crippen molar-refractivity contribution in [2.75, 3.05) is 17.7 Å². The molecule has 4 aromatic rings. The van der Waals surface area contributed by atoms with Gasteiger partial charge in [-0.1, -0.05) is 43.0 Å². The van der Waals surface area contributed by atoms with Crippen LogP contribution in [0.15, 0.2) is 62.9 Å². The fourth-order valence-electron chi connectivity index (χ4n) is 3.48. The zero-order valence-corrected chi connectivity index (χ0v) is 19.1. The molecule has 0 atom stereocenters. The summed E-state index contributed by atoms with van der Waals surface area (Å²) in [5.74, 6) is -0.822. The van der Waals surface area contributed by atoms with Crippen molar-refractivity contribution in [2.24, 2.45) is 0 Å². The first-order valence-electron chi connectivity index (χ1n) is 10.6. The second kappa shape index (κ2) is 9.91. The predicted octanol–water partition coefficient (Wildman–Crippen LogP) is 4.46. The number of carbonyl (C=O) groups excluding carboxylic acids is 2. The van der Waals surface area contributed by atoms with Crippen LogP contribution in [0.5, 0.6) is 0 Å². The van der Waals surface area contributed by atoms with Crippen LogP contribution >= 0.6 is 11.8 Å². The lowest BCUT2D eigenvalue weighted by atomic mass is 10.2. The topological polar surface area (TPSA) is 103 Å². The summed E-state index contributed by atoms with van der Waals surface area (Å²) in [6.45, 7) is 4.37. The molecule has 0 unspecified atom stereocenters. The average molecular weight is 466 g/mol. The number of rotatable bonds is 8. The van der Waals surface area contributed by atoms with E-state index >= 15 is 0 Å². The van der Waals surface area contributed by atoms with Gasteiger partial charge in [0.2, 0.25) is 11.5 Å². The minimum absolute atomic E-state index is 0.00854. The van der Waals surface area contributed by atoms with Crippen molar-refractivity contribution in [1.29, 1.82) is 0 Å². The molecule has 0 aliphatic carbocycles. The largest absolute Gasteiger partial charge is 0.462 e. The number of carbonyl (C=O) groups is 2. The van der Waals surface area contributed by atoms with Crippen molar-refractivity contribution in [3.8, 4) is 0 Å². The molecule has 0 spiro atoms. The number of benzene rings is 2. The van der Waals surface area contributed by atoms with Crippen LogP contribution in [-0.4, -0.2) is 33.8 Å². The molecule has 2 aromatic carbocycles. The molecule has 0 saturated heterocycles. The van der Waals surface area contributed by atoms with Gasteiger partial charge in [0, 0.05) is 11.9 Å². The number of hydrogen-bond donors (Lipinski definition) is 1. The summed E-state index contributed by atoms with van der Waals surface area (Å²) < 4.78 is 12.3. The van der Waals surface area contributed by atoms with Gasteiger partial charge in [-0.25, -0.2) is 9.78 Å². The van der Waals surface area contributed by atoms with Crippen LogP contribution in [0.1, 0.15) is 30.6 Å². The third-order valence-corrected chi connectivity index (χ3v) is 5.90. The molecule has 9 heteroatoms. The maximum absolute atomic E-state index is 13.1. The number of furan rings is 1. The van der Waals surface area contributed by atoms with Crippen molar-refractivity contribution in [1.82, 2.24) is 9.55 Å². The summed E-state index contributed by atoms with van der Waals surface area (Å²) in [6, 6.07) is 14.0. The summed E-state index contributed by atoms with van der Waals surface area (Å²) in [5.41, 5.74) is 1.67. The van der Waals surface area contributed by atoms with Crippen LogP contribution in [-0.2, 0) is 16.1 Å². The summed E-state index contributed by atoms with van der Waals surface area (Å²) in [5, 5.41) is 3.95. The van der Waals surface area contributed by atoms with Gasteiger partial charge in [0.1, 0.15) is 11.1 Å². The molecule has 0 bridgehead atoms. The van der Waals surface area contributed by atoms with E-state index in [2.05, 4.69) is 10.3 Å². The lowest BCUT2D eigenvalue weighted by molar-refractivity contribution is -0.113. The fourth-order valence-corrected chi connectivity index (χ4v) is 4.30. The van der Waals surface area contributed by atoms with Gasteiger partial charge in [-0.2, -0.15) is 0 Å². The lowest BCUT2D eigenvalue weighted by Crippen LogP contribution is -2.24. The van der Waals surface area contributed by atoms with E-state index in [1.54, 1.807) is 37.3 Å². The fraction of sp³-hybridized carbons (Fsp3) is 0.250. The van der Waals surface area contributed by atoms with E-state index in [9.17, 15) is 14.4 Å². The molecule has 2 heterocycles. The summed E-state index contributed by atoms with van der Waals surface area (Å²) in [4.78, 5) is 42.6. The van der Waals surface area contributed by atoms with Crippen LogP contribution in [0, 0.1) is 0 Å². The van der Waals surface area contributed by atoms with Crippen molar-refractivity contribution in [3.05, 3.63) is 64.4 Å². The molecule has 0 aliphatic heterocycles. The Kier molecular flexibility index (Phi) is 6.79. The van der Waals surface area contributed by atoms with E-state index in [-0.39, 0.29) is 35.0 Å². The van der Waals surface area contributed by atoms with Gasteiger partial charge >= 0.3 is 5.97 Å². The Labute approximate surface area is 193 Å². The molecule has 1 amide bonds. The highest BCUT2D eigenvalue weighted by molar-refractivity contribution is 7.99. The molecule has 4 rings (SSSR count). The number of aromatic nitrogens is 2. The number of anilines is 1. The first-order valence-corrected chi connectivity index (χ1v) is 11.6. The average Bonchev–Trinajstić information content (AvgIpc) is 3.19. The van der Waals surface area contributed by atoms with Gasteiger partial charge in [-0.3, -0.25) is 14.2 Å². The van der Waals surface area contributed by atoms with E-state index in [0.717, 1.165) is 23.6 Å². The quantitative estimate of drug-likeness (QED) is 0.233. The Morgan fingerprint density at radius 3 is 2.67 bits per heavy atom. The zero-order valence-electron chi connectivity index (χ0n) is 18.3. The maximum Gasteiger partial charge on any atom is 0.340 e. The van der Waals surface area contributed by atoms with Crippen LogP contribution in [0.4, 0.5) is 5.69 Å². The van der Waals surface area contributed by atoms with E-state index in [1.807, 2.05) is 25.1 Å².